The molecule has 1 atom stereocenters. The second kappa shape index (κ2) is 6.75. The number of benzene rings is 1. The van der Waals surface area contributed by atoms with Crippen molar-refractivity contribution in [1.82, 2.24) is 5.32 Å². The van der Waals surface area contributed by atoms with Crippen molar-refractivity contribution in [1.29, 1.82) is 0 Å². The molecule has 0 spiro atoms. The molecule has 0 aliphatic carbocycles. The Labute approximate surface area is 131 Å². The minimum atomic E-state index is 0.242. The second-order valence-corrected chi connectivity index (χ2v) is 7.04. The first-order chi connectivity index (χ1) is 9.52. The SMILES string of the molecule is CCCNC(c1cc(C)c(Cl)s1)c1cc(C)ccc1C. The minimum Gasteiger partial charge on any atom is -0.306 e. The van der Waals surface area contributed by atoms with Crippen LogP contribution in [-0.4, -0.2) is 6.54 Å². The monoisotopic (exact) mass is 307 g/mol. The highest BCUT2D eigenvalue weighted by atomic mass is 35.5. The summed E-state index contributed by atoms with van der Waals surface area (Å²) < 4.78 is 0.897. The number of halogens is 1. The fourth-order valence-electron chi connectivity index (χ4n) is 2.35. The van der Waals surface area contributed by atoms with Gasteiger partial charge in [0.1, 0.15) is 0 Å². The van der Waals surface area contributed by atoms with E-state index < -0.39 is 0 Å². The van der Waals surface area contributed by atoms with Crippen LogP contribution < -0.4 is 5.32 Å². The first kappa shape index (κ1) is 15.6. The first-order valence-electron chi connectivity index (χ1n) is 7.09. The molecule has 1 N–H and O–H groups in total. The molecule has 1 heterocycles. The van der Waals surface area contributed by atoms with Crippen LogP contribution in [0.15, 0.2) is 24.3 Å². The van der Waals surface area contributed by atoms with Gasteiger partial charge in [0.2, 0.25) is 0 Å². The maximum atomic E-state index is 6.26. The standard InChI is InChI=1S/C17H22ClNS/c1-5-8-19-16(15-10-13(4)17(18)20-15)14-9-11(2)6-7-12(14)3/h6-7,9-10,16,19H,5,8H2,1-4H3. The molecule has 2 rings (SSSR count). The van der Waals surface area contributed by atoms with E-state index in [1.165, 1.54) is 27.1 Å². The molecule has 0 bridgehead atoms. The van der Waals surface area contributed by atoms with Crippen LogP contribution in [0.25, 0.3) is 0 Å². The molecular weight excluding hydrogens is 286 g/mol. The van der Waals surface area contributed by atoms with E-state index in [1.807, 2.05) is 0 Å². The van der Waals surface area contributed by atoms with Crippen molar-refractivity contribution in [3.8, 4) is 0 Å². The number of rotatable bonds is 5. The van der Waals surface area contributed by atoms with Gasteiger partial charge in [0.25, 0.3) is 0 Å². The Morgan fingerprint density at radius 2 is 1.90 bits per heavy atom. The molecule has 3 heteroatoms. The van der Waals surface area contributed by atoms with Gasteiger partial charge >= 0.3 is 0 Å². The summed E-state index contributed by atoms with van der Waals surface area (Å²) >= 11 is 7.94. The van der Waals surface area contributed by atoms with Crippen molar-refractivity contribution in [2.45, 2.75) is 40.2 Å². The molecule has 20 heavy (non-hydrogen) atoms. The van der Waals surface area contributed by atoms with E-state index in [9.17, 15) is 0 Å². The van der Waals surface area contributed by atoms with Crippen molar-refractivity contribution in [3.05, 3.63) is 55.7 Å². The van der Waals surface area contributed by atoms with Crippen LogP contribution >= 0.6 is 22.9 Å². The van der Waals surface area contributed by atoms with Crippen molar-refractivity contribution >= 4 is 22.9 Å². The lowest BCUT2D eigenvalue weighted by atomic mass is 9.97. The Balaban J connectivity index is 2.43. The predicted molar refractivity (Wildman–Crippen MR) is 90.1 cm³/mol. The van der Waals surface area contributed by atoms with Gasteiger partial charge in [-0.15, -0.1) is 11.3 Å². The van der Waals surface area contributed by atoms with Crippen molar-refractivity contribution in [2.75, 3.05) is 6.54 Å². The Morgan fingerprint density at radius 3 is 2.50 bits per heavy atom. The van der Waals surface area contributed by atoms with Crippen LogP contribution in [0.4, 0.5) is 0 Å². The van der Waals surface area contributed by atoms with E-state index in [-0.39, 0.29) is 6.04 Å². The van der Waals surface area contributed by atoms with Gasteiger partial charge in [0, 0.05) is 4.88 Å². The highest BCUT2D eigenvalue weighted by Gasteiger charge is 2.18. The molecule has 1 unspecified atom stereocenters. The molecule has 0 aliphatic rings. The largest absolute Gasteiger partial charge is 0.306 e. The van der Waals surface area contributed by atoms with E-state index >= 15 is 0 Å². The lowest BCUT2D eigenvalue weighted by Crippen LogP contribution is -2.23. The third kappa shape index (κ3) is 3.43. The van der Waals surface area contributed by atoms with Gasteiger partial charge in [-0.1, -0.05) is 42.3 Å². The molecule has 1 aromatic heterocycles. The number of hydrogen-bond donors (Lipinski definition) is 1. The van der Waals surface area contributed by atoms with Gasteiger partial charge in [-0.3, -0.25) is 0 Å². The molecule has 1 aromatic carbocycles. The number of nitrogens with one attached hydrogen (secondary N) is 1. The highest BCUT2D eigenvalue weighted by molar-refractivity contribution is 7.16. The molecule has 1 nitrogen and oxygen atoms in total. The van der Waals surface area contributed by atoms with E-state index in [0.29, 0.717) is 0 Å². The van der Waals surface area contributed by atoms with Gasteiger partial charge in [0.05, 0.1) is 10.4 Å². The normalized spacial score (nSPS) is 12.7. The number of aryl methyl sites for hydroxylation is 3. The molecule has 0 amide bonds. The molecule has 0 aliphatic heterocycles. The Kier molecular flexibility index (Phi) is 5.25. The van der Waals surface area contributed by atoms with Crippen LogP contribution in [0, 0.1) is 20.8 Å². The van der Waals surface area contributed by atoms with E-state index in [4.69, 9.17) is 11.6 Å². The summed E-state index contributed by atoms with van der Waals surface area (Å²) in [5.41, 5.74) is 5.15. The molecular formula is C17H22ClNS. The van der Waals surface area contributed by atoms with Crippen LogP contribution in [0.2, 0.25) is 4.34 Å². The Hall–Kier alpha value is -0.830. The van der Waals surface area contributed by atoms with Gasteiger partial charge < -0.3 is 5.32 Å². The topological polar surface area (TPSA) is 12.0 Å². The number of thiophene rings is 1. The second-order valence-electron chi connectivity index (χ2n) is 5.35. The van der Waals surface area contributed by atoms with Gasteiger partial charge in [0.15, 0.2) is 0 Å². The van der Waals surface area contributed by atoms with Crippen molar-refractivity contribution in [2.24, 2.45) is 0 Å². The molecule has 0 saturated carbocycles. The summed E-state index contributed by atoms with van der Waals surface area (Å²) in [6, 6.07) is 9.11. The van der Waals surface area contributed by atoms with Crippen LogP contribution in [0.3, 0.4) is 0 Å². The fourth-order valence-corrected chi connectivity index (χ4v) is 3.66. The Morgan fingerprint density at radius 1 is 1.15 bits per heavy atom. The maximum Gasteiger partial charge on any atom is 0.0961 e. The summed E-state index contributed by atoms with van der Waals surface area (Å²) in [4.78, 5) is 1.30. The zero-order valence-corrected chi connectivity index (χ0v) is 14.2. The Bertz CT molecular complexity index is 569. The van der Waals surface area contributed by atoms with Crippen molar-refractivity contribution < 1.29 is 0 Å². The summed E-state index contributed by atoms with van der Waals surface area (Å²) in [5.74, 6) is 0. The number of hydrogen-bond acceptors (Lipinski definition) is 2. The summed E-state index contributed by atoms with van der Waals surface area (Å²) in [7, 11) is 0. The molecule has 2 aromatic rings. The van der Waals surface area contributed by atoms with Crippen LogP contribution in [0.5, 0.6) is 0 Å². The lowest BCUT2D eigenvalue weighted by molar-refractivity contribution is 0.603. The zero-order valence-electron chi connectivity index (χ0n) is 12.6. The summed E-state index contributed by atoms with van der Waals surface area (Å²) in [6.07, 6.45) is 1.12. The summed E-state index contributed by atoms with van der Waals surface area (Å²) in [5, 5.41) is 3.66. The quantitative estimate of drug-likeness (QED) is 0.778. The molecule has 0 radical (unpaired) electrons. The van der Waals surface area contributed by atoms with Gasteiger partial charge in [-0.05, 0) is 56.5 Å². The first-order valence-corrected chi connectivity index (χ1v) is 8.28. The lowest BCUT2D eigenvalue weighted by Gasteiger charge is -2.20. The van der Waals surface area contributed by atoms with Crippen molar-refractivity contribution in [3.63, 3.8) is 0 Å². The molecule has 108 valence electrons. The molecule has 0 fully saturated rings. The third-order valence-electron chi connectivity index (χ3n) is 3.50. The fraction of sp³-hybridized carbons (Fsp3) is 0.412. The summed E-state index contributed by atoms with van der Waals surface area (Å²) in [6.45, 7) is 9.60. The average molecular weight is 308 g/mol. The van der Waals surface area contributed by atoms with E-state index in [2.05, 4.69) is 57.3 Å². The van der Waals surface area contributed by atoms with Gasteiger partial charge in [-0.2, -0.15) is 0 Å². The van der Waals surface area contributed by atoms with E-state index in [1.54, 1.807) is 11.3 Å². The molecule has 0 saturated heterocycles. The highest BCUT2D eigenvalue weighted by Crippen LogP contribution is 2.35. The average Bonchev–Trinajstić information content (AvgIpc) is 2.74. The van der Waals surface area contributed by atoms with Crippen LogP contribution in [0.1, 0.15) is 46.5 Å². The van der Waals surface area contributed by atoms with E-state index in [0.717, 1.165) is 17.3 Å². The maximum absolute atomic E-state index is 6.26. The minimum absolute atomic E-state index is 0.242. The van der Waals surface area contributed by atoms with Crippen LogP contribution in [-0.2, 0) is 0 Å². The third-order valence-corrected chi connectivity index (χ3v) is 5.12. The zero-order chi connectivity index (χ0) is 14.7. The van der Waals surface area contributed by atoms with Gasteiger partial charge in [-0.25, -0.2) is 0 Å². The predicted octanol–water partition coefficient (Wildman–Crippen LogP) is 5.42. The smallest absolute Gasteiger partial charge is 0.0961 e.